The minimum Gasteiger partial charge on any atom is -0.476 e. The number of fused-ring (bicyclic) bond motifs is 1. The predicted molar refractivity (Wildman–Crippen MR) is 92.1 cm³/mol. The van der Waals surface area contributed by atoms with Crippen molar-refractivity contribution in [3.05, 3.63) is 53.7 Å². The molecule has 0 radical (unpaired) electrons. The Bertz CT molecular complexity index is 1100. The van der Waals surface area contributed by atoms with Gasteiger partial charge in [-0.05, 0) is 24.6 Å². The van der Waals surface area contributed by atoms with Gasteiger partial charge in [-0.1, -0.05) is 12.1 Å². The van der Waals surface area contributed by atoms with Crippen LogP contribution >= 0.6 is 11.3 Å². The number of aryl methyl sites for hydroxylation is 1. The van der Waals surface area contributed by atoms with Crippen molar-refractivity contribution < 1.29 is 14.3 Å². The van der Waals surface area contributed by atoms with E-state index < -0.39 is 11.8 Å². The largest absolute Gasteiger partial charge is 0.476 e. The van der Waals surface area contributed by atoms with Crippen LogP contribution in [0.2, 0.25) is 0 Å². The molecule has 3 aromatic heterocycles. The number of carboxylic acid groups (broad SMARTS) is 1. The van der Waals surface area contributed by atoms with E-state index in [2.05, 4.69) is 20.2 Å². The molecule has 2 N–H and O–H groups in total. The van der Waals surface area contributed by atoms with Crippen LogP contribution in [-0.2, 0) is 0 Å². The monoisotopic (exact) mass is 354 g/mol. The number of carbonyl (C=O) groups is 1. The molecule has 0 amide bonds. The van der Waals surface area contributed by atoms with Crippen LogP contribution in [0.1, 0.15) is 16.1 Å². The van der Waals surface area contributed by atoms with Crippen LogP contribution < -0.4 is 0 Å². The van der Waals surface area contributed by atoms with Crippen molar-refractivity contribution in [2.24, 2.45) is 0 Å². The summed E-state index contributed by atoms with van der Waals surface area (Å²) in [6, 6.07) is 6.49. The molecule has 4 rings (SSSR count). The number of benzene rings is 1. The van der Waals surface area contributed by atoms with Crippen molar-refractivity contribution >= 4 is 28.2 Å². The Morgan fingerprint density at radius 1 is 1.32 bits per heavy atom. The molecule has 6 nitrogen and oxygen atoms in total. The summed E-state index contributed by atoms with van der Waals surface area (Å²) in [6.07, 6.45) is 3.17. The van der Waals surface area contributed by atoms with Crippen LogP contribution in [0.5, 0.6) is 0 Å². The van der Waals surface area contributed by atoms with Crippen LogP contribution in [0.25, 0.3) is 32.0 Å². The van der Waals surface area contributed by atoms with Crippen molar-refractivity contribution in [1.29, 1.82) is 0 Å². The number of aromatic nitrogens is 4. The van der Waals surface area contributed by atoms with E-state index in [4.69, 9.17) is 0 Å². The fourth-order valence-electron chi connectivity index (χ4n) is 2.64. The summed E-state index contributed by atoms with van der Waals surface area (Å²) in [5, 5.41) is 17.1. The first-order chi connectivity index (χ1) is 12.1. The molecule has 4 aromatic rings. The molecular weight excluding hydrogens is 343 g/mol. The lowest BCUT2D eigenvalue weighted by atomic mass is 10.1. The van der Waals surface area contributed by atoms with Crippen LogP contribution in [-0.4, -0.2) is 31.2 Å². The third-order valence-corrected chi connectivity index (χ3v) is 4.95. The zero-order chi connectivity index (χ0) is 17.6. The zero-order valence-electron chi connectivity index (χ0n) is 12.9. The second kappa shape index (κ2) is 5.75. The molecular formula is C17H11FN4O2S. The average Bonchev–Trinajstić information content (AvgIpc) is 3.24. The minimum absolute atomic E-state index is 0.0937. The maximum atomic E-state index is 14.3. The topological polar surface area (TPSA) is 91.8 Å². The van der Waals surface area contributed by atoms with Crippen LogP contribution in [0, 0.1) is 12.7 Å². The van der Waals surface area contributed by atoms with Crippen LogP contribution in [0.15, 0.2) is 36.7 Å². The minimum atomic E-state index is -1.15. The van der Waals surface area contributed by atoms with Gasteiger partial charge in [0.05, 0.1) is 15.8 Å². The first-order valence-electron chi connectivity index (χ1n) is 7.34. The maximum absolute atomic E-state index is 14.3. The average molecular weight is 354 g/mol. The quantitative estimate of drug-likeness (QED) is 0.582. The summed E-state index contributed by atoms with van der Waals surface area (Å²) in [5.41, 5.74) is 2.25. The van der Waals surface area contributed by atoms with E-state index in [1.807, 2.05) is 6.92 Å². The van der Waals surface area contributed by atoms with Gasteiger partial charge >= 0.3 is 5.97 Å². The fraction of sp³-hybridized carbons (Fsp3) is 0.0588. The number of aromatic amines is 1. The van der Waals surface area contributed by atoms with Gasteiger partial charge in [0, 0.05) is 18.0 Å². The van der Waals surface area contributed by atoms with E-state index in [9.17, 15) is 14.3 Å². The number of hydrogen-bond acceptors (Lipinski definition) is 5. The van der Waals surface area contributed by atoms with Gasteiger partial charge in [0.25, 0.3) is 0 Å². The molecule has 0 bridgehead atoms. The molecule has 8 heteroatoms. The lowest BCUT2D eigenvalue weighted by molar-refractivity contribution is 0.0692. The Labute approximate surface area is 145 Å². The Morgan fingerprint density at radius 3 is 2.88 bits per heavy atom. The van der Waals surface area contributed by atoms with Gasteiger partial charge in [0.1, 0.15) is 16.5 Å². The number of thiazole rings is 1. The molecule has 0 saturated carbocycles. The van der Waals surface area contributed by atoms with E-state index in [1.165, 1.54) is 6.07 Å². The first kappa shape index (κ1) is 15.4. The van der Waals surface area contributed by atoms with Gasteiger partial charge in [0.2, 0.25) is 0 Å². The highest BCUT2D eigenvalue weighted by Crippen LogP contribution is 2.38. The second-order valence-electron chi connectivity index (χ2n) is 5.43. The number of nitrogens with one attached hydrogen (secondary N) is 1. The van der Waals surface area contributed by atoms with Gasteiger partial charge in [-0.2, -0.15) is 5.10 Å². The lowest BCUT2D eigenvalue weighted by Gasteiger charge is -1.97. The van der Waals surface area contributed by atoms with E-state index in [0.717, 1.165) is 16.9 Å². The van der Waals surface area contributed by atoms with E-state index in [-0.39, 0.29) is 5.69 Å². The van der Waals surface area contributed by atoms with Gasteiger partial charge in [-0.25, -0.2) is 14.2 Å². The molecule has 3 heterocycles. The van der Waals surface area contributed by atoms with Crippen LogP contribution in [0.3, 0.4) is 0 Å². The summed E-state index contributed by atoms with van der Waals surface area (Å²) in [6.45, 7) is 1.83. The molecule has 0 spiro atoms. The van der Waals surface area contributed by atoms with Crippen molar-refractivity contribution in [2.45, 2.75) is 6.92 Å². The smallest absolute Gasteiger partial charge is 0.356 e. The molecule has 0 unspecified atom stereocenters. The SMILES string of the molecule is Cc1ccc(F)c2c(-c3nc(C(=O)O)c(-c4cccnc4)s3)[nH]nc12. The molecule has 124 valence electrons. The highest BCUT2D eigenvalue weighted by atomic mass is 32.1. The molecule has 0 atom stereocenters. The number of halogens is 1. The van der Waals surface area contributed by atoms with Gasteiger partial charge in [0.15, 0.2) is 5.69 Å². The third kappa shape index (κ3) is 2.47. The first-order valence-corrected chi connectivity index (χ1v) is 8.16. The van der Waals surface area contributed by atoms with E-state index in [1.54, 1.807) is 30.6 Å². The Hall–Kier alpha value is -3.13. The normalized spacial score (nSPS) is 11.1. The molecule has 0 aliphatic carbocycles. The zero-order valence-corrected chi connectivity index (χ0v) is 13.8. The number of rotatable bonds is 3. The Balaban J connectivity index is 1.96. The highest BCUT2D eigenvalue weighted by Gasteiger charge is 2.23. The summed E-state index contributed by atoms with van der Waals surface area (Å²) < 4.78 is 14.3. The van der Waals surface area contributed by atoms with Crippen molar-refractivity contribution in [1.82, 2.24) is 20.2 Å². The van der Waals surface area contributed by atoms with E-state index >= 15 is 0 Å². The number of hydrogen-bond donors (Lipinski definition) is 2. The Kier molecular flexibility index (Phi) is 3.54. The molecule has 0 fully saturated rings. The highest BCUT2D eigenvalue weighted by molar-refractivity contribution is 7.18. The number of pyridine rings is 1. The summed E-state index contributed by atoms with van der Waals surface area (Å²) in [7, 11) is 0. The Morgan fingerprint density at radius 2 is 2.16 bits per heavy atom. The number of H-pyrrole nitrogens is 1. The molecule has 0 aliphatic heterocycles. The molecule has 1 aromatic carbocycles. The summed E-state index contributed by atoms with van der Waals surface area (Å²) in [4.78, 5) is 20.3. The van der Waals surface area contributed by atoms with Crippen molar-refractivity contribution in [3.8, 4) is 21.1 Å². The third-order valence-electron chi connectivity index (χ3n) is 3.83. The number of nitrogens with zero attached hydrogens (tertiary/aromatic N) is 3. The lowest BCUT2D eigenvalue weighted by Crippen LogP contribution is -1.99. The summed E-state index contributed by atoms with van der Waals surface area (Å²) in [5.74, 6) is -1.58. The molecule has 0 aliphatic rings. The maximum Gasteiger partial charge on any atom is 0.356 e. The predicted octanol–water partition coefficient (Wildman–Crippen LogP) is 3.89. The van der Waals surface area contributed by atoms with Crippen LogP contribution in [0.4, 0.5) is 4.39 Å². The number of aromatic carboxylic acids is 1. The van der Waals surface area contributed by atoms with Crippen molar-refractivity contribution in [3.63, 3.8) is 0 Å². The second-order valence-corrected chi connectivity index (χ2v) is 6.43. The molecule has 25 heavy (non-hydrogen) atoms. The van der Waals surface area contributed by atoms with Gasteiger partial charge in [-0.15, -0.1) is 11.3 Å². The van der Waals surface area contributed by atoms with E-state index in [0.29, 0.717) is 32.0 Å². The number of carboxylic acids is 1. The van der Waals surface area contributed by atoms with Crippen molar-refractivity contribution in [2.75, 3.05) is 0 Å². The standard InChI is InChI=1S/C17H11FN4O2S/c1-8-4-5-10(18)11-12(8)21-22-13(11)16-20-14(17(23)24)15(25-16)9-3-2-6-19-7-9/h2-7H,1H3,(H,21,22)(H,23,24). The fourth-order valence-corrected chi connectivity index (χ4v) is 3.69. The van der Waals surface area contributed by atoms with Gasteiger partial charge < -0.3 is 5.11 Å². The summed E-state index contributed by atoms with van der Waals surface area (Å²) >= 11 is 1.16. The van der Waals surface area contributed by atoms with Gasteiger partial charge in [-0.3, -0.25) is 10.1 Å². The molecule has 0 saturated heterocycles.